The van der Waals surface area contributed by atoms with Crippen molar-refractivity contribution in [3.05, 3.63) is 35.4 Å². The minimum atomic E-state index is -0.410. The van der Waals surface area contributed by atoms with Crippen molar-refractivity contribution in [2.75, 3.05) is 0 Å². The highest BCUT2D eigenvalue weighted by Gasteiger charge is 2.21. The molecule has 0 aliphatic heterocycles. The van der Waals surface area contributed by atoms with Crippen LogP contribution in [-0.2, 0) is 0 Å². The Labute approximate surface area is 98.0 Å². The van der Waals surface area contributed by atoms with Gasteiger partial charge in [0, 0.05) is 5.56 Å². The third kappa shape index (κ3) is 2.65. The third-order valence-corrected chi connectivity index (χ3v) is 3.03. The van der Waals surface area contributed by atoms with E-state index in [4.69, 9.17) is 5.73 Å². The predicted octanol–water partition coefficient (Wildman–Crippen LogP) is 3.04. The van der Waals surface area contributed by atoms with E-state index in [1.54, 1.807) is 0 Å². The zero-order valence-corrected chi connectivity index (χ0v) is 10.1. The summed E-state index contributed by atoms with van der Waals surface area (Å²) < 4.78 is 0. The Kier molecular flexibility index (Phi) is 3.03. The SMILES string of the molecule is CC(C)(N)C#Cc1ccccc1C1CCC1. The lowest BCUT2D eigenvalue weighted by molar-refractivity contribution is 0.419. The number of rotatable bonds is 1. The molecule has 0 bridgehead atoms. The van der Waals surface area contributed by atoms with Crippen LogP contribution in [0.4, 0.5) is 0 Å². The predicted molar refractivity (Wildman–Crippen MR) is 68.2 cm³/mol. The molecule has 1 aromatic rings. The molecule has 2 N–H and O–H groups in total. The molecule has 1 aliphatic rings. The van der Waals surface area contributed by atoms with Crippen molar-refractivity contribution in [1.82, 2.24) is 0 Å². The first-order chi connectivity index (χ1) is 7.56. The number of hydrogen-bond donors (Lipinski definition) is 1. The van der Waals surface area contributed by atoms with E-state index < -0.39 is 5.54 Å². The van der Waals surface area contributed by atoms with E-state index in [0.717, 1.165) is 11.5 Å². The van der Waals surface area contributed by atoms with Crippen LogP contribution in [0.3, 0.4) is 0 Å². The van der Waals surface area contributed by atoms with Crippen LogP contribution >= 0.6 is 0 Å². The van der Waals surface area contributed by atoms with E-state index in [1.807, 2.05) is 13.8 Å². The fourth-order valence-corrected chi connectivity index (χ4v) is 1.91. The van der Waals surface area contributed by atoms with Crippen molar-refractivity contribution in [2.45, 2.75) is 44.6 Å². The first-order valence-electron chi connectivity index (χ1n) is 5.97. The van der Waals surface area contributed by atoms with E-state index in [2.05, 4.69) is 36.1 Å². The molecule has 1 heteroatoms. The molecule has 0 amide bonds. The Hall–Kier alpha value is -1.26. The Morgan fingerprint density at radius 3 is 2.50 bits per heavy atom. The summed E-state index contributed by atoms with van der Waals surface area (Å²) in [6, 6.07) is 8.46. The van der Waals surface area contributed by atoms with Gasteiger partial charge in [-0.2, -0.15) is 0 Å². The maximum absolute atomic E-state index is 5.88. The fourth-order valence-electron chi connectivity index (χ4n) is 1.91. The molecular weight excluding hydrogens is 194 g/mol. The molecule has 0 unspecified atom stereocenters. The summed E-state index contributed by atoms with van der Waals surface area (Å²) in [6.45, 7) is 3.87. The molecule has 84 valence electrons. The van der Waals surface area contributed by atoms with E-state index in [-0.39, 0.29) is 0 Å². The van der Waals surface area contributed by atoms with Crippen molar-refractivity contribution in [2.24, 2.45) is 5.73 Å². The lowest BCUT2D eigenvalue weighted by Gasteiger charge is -2.26. The summed E-state index contributed by atoms with van der Waals surface area (Å²) in [5.74, 6) is 7.06. The monoisotopic (exact) mass is 213 g/mol. The van der Waals surface area contributed by atoms with Crippen LogP contribution in [0, 0.1) is 11.8 Å². The van der Waals surface area contributed by atoms with Gasteiger partial charge < -0.3 is 5.73 Å². The zero-order chi connectivity index (χ0) is 11.6. The highest BCUT2D eigenvalue weighted by molar-refractivity contribution is 5.44. The minimum absolute atomic E-state index is 0.410. The van der Waals surface area contributed by atoms with Gasteiger partial charge in [-0.25, -0.2) is 0 Å². The molecule has 1 saturated carbocycles. The Balaban J connectivity index is 2.28. The molecule has 1 nitrogen and oxygen atoms in total. The summed E-state index contributed by atoms with van der Waals surface area (Å²) in [5.41, 5.74) is 8.04. The Bertz CT molecular complexity index is 425. The summed E-state index contributed by atoms with van der Waals surface area (Å²) in [7, 11) is 0. The molecule has 0 atom stereocenters. The van der Waals surface area contributed by atoms with Crippen molar-refractivity contribution in [3.8, 4) is 11.8 Å². The second-order valence-electron chi connectivity index (χ2n) is 5.19. The summed E-state index contributed by atoms with van der Waals surface area (Å²) in [6.07, 6.45) is 3.98. The van der Waals surface area contributed by atoms with E-state index in [0.29, 0.717) is 0 Å². The fraction of sp³-hybridized carbons (Fsp3) is 0.467. The highest BCUT2D eigenvalue weighted by Crippen LogP contribution is 2.37. The largest absolute Gasteiger partial charge is 0.316 e. The van der Waals surface area contributed by atoms with Crippen LogP contribution in [0.1, 0.15) is 50.2 Å². The lowest BCUT2D eigenvalue weighted by atomic mass is 9.78. The lowest BCUT2D eigenvalue weighted by Crippen LogP contribution is -2.29. The van der Waals surface area contributed by atoms with Crippen LogP contribution in [-0.4, -0.2) is 5.54 Å². The maximum atomic E-state index is 5.88. The number of benzene rings is 1. The average Bonchev–Trinajstić information content (AvgIpc) is 2.12. The molecule has 1 aromatic carbocycles. The maximum Gasteiger partial charge on any atom is 0.0722 e. The van der Waals surface area contributed by atoms with Crippen LogP contribution in [0.5, 0.6) is 0 Å². The molecule has 16 heavy (non-hydrogen) atoms. The van der Waals surface area contributed by atoms with E-state index >= 15 is 0 Å². The molecule has 2 rings (SSSR count). The first kappa shape index (κ1) is 11.2. The second kappa shape index (κ2) is 4.31. The summed E-state index contributed by atoms with van der Waals surface area (Å²) in [4.78, 5) is 0. The molecule has 0 aromatic heterocycles. The van der Waals surface area contributed by atoms with Gasteiger partial charge in [0.15, 0.2) is 0 Å². The molecule has 1 aliphatic carbocycles. The van der Waals surface area contributed by atoms with Crippen LogP contribution in [0.15, 0.2) is 24.3 Å². The number of hydrogen-bond acceptors (Lipinski definition) is 1. The second-order valence-corrected chi connectivity index (χ2v) is 5.19. The average molecular weight is 213 g/mol. The standard InChI is InChI=1S/C15H19N/c1-15(2,16)11-10-13-6-3-4-9-14(13)12-7-5-8-12/h3-4,6,9,12H,5,7-8,16H2,1-2H3. The Morgan fingerprint density at radius 1 is 1.25 bits per heavy atom. The van der Waals surface area contributed by atoms with Crippen molar-refractivity contribution < 1.29 is 0 Å². The van der Waals surface area contributed by atoms with Gasteiger partial charge in [0.2, 0.25) is 0 Å². The molecule has 0 spiro atoms. The van der Waals surface area contributed by atoms with Gasteiger partial charge in [-0.3, -0.25) is 0 Å². The van der Waals surface area contributed by atoms with Crippen LogP contribution < -0.4 is 5.73 Å². The van der Waals surface area contributed by atoms with Gasteiger partial charge in [-0.1, -0.05) is 36.5 Å². The van der Waals surface area contributed by atoms with E-state index in [1.165, 1.54) is 24.8 Å². The summed E-state index contributed by atoms with van der Waals surface area (Å²) >= 11 is 0. The number of nitrogens with two attached hydrogens (primary N) is 1. The summed E-state index contributed by atoms with van der Waals surface area (Å²) in [5, 5.41) is 0. The van der Waals surface area contributed by atoms with Gasteiger partial charge in [0.05, 0.1) is 5.54 Å². The smallest absolute Gasteiger partial charge is 0.0722 e. The normalized spacial score (nSPS) is 16.2. The topological polar surface area (TPSA) is 26.0 Å². The zero-order valence-electron chi connectivity index (χ0n) is 10.1. The highest BCUT2D eigenvalue weighted by atomic mass is 14.7. The van der Waals surface area contributed by atoms with Gasteiger partial charge >= 0.3 is 0 Å². The first-order valence-corrected chi connectivity index (χ1v) is 5.97. The molecule has 0 radical (unpaired) electrons. The molecular formula is C15H19N. The quantitative estimate of drug-likeness (QED) is 0.713. The van der Waals surface area contributed by atoms with E-state index in [9.17, 15) is 0 Å². The van der Waals surface area contributed by atoms with Crippen molar-refractivity contribution >= 4 is 0 Å². The van der Waals surface area contributed by atoms with Gasteiger partial charge in [0.1, 0.15) is 0 Å². The minimum Gasteiger partial charge on any atom is -0.316 e. The Morgan fingerprint density at radius 2 is 1.94 bits per heavy atom. The van der Waals surface area contributed by atoms with Crippen molar-refractivity contribution in [1.29, 1.82) is 0 Å². The van der Waals surface area contributed by atoms with Crippen molar-refractivity contribution in [3.63, 3.8) is 0 Å². The van der Waals surface area contributed by atoms with Gasteiger partial charge in [-0.05, 0) is 44.2 Å². The molecule has 0 saturated heterocycles. The van der Waals surface area contributed by atoms with Gasteiger partial charge in [-0.15, -0.1) is 0 Å². The van der Waals surface area contributed by atoms with Gasteiger partial charge in [0.25, 0.3) is 0 Å². The third-order valence-electron chi connectivity index (χ3n) is 3.03. The van der Waals surface area contributed by atoms with Crippen LogP contribution in [0.2, 0.25) is 0 Å². The molecule has 1 fully saturated rings. The van der Waals surface area contributed by atoms with Crippen LogP contribution in [0.25, 0.3) is 0 Å². The molecule has 0 heterocycles.